The van der Waals surface area contributed by atoms with Crippen LogP contribution in [0.3, 0.4) is 0 Å². The second-order valence-electron chi connectivity index (χ2n) is 7.18. The van der Waals surface area contributed by atoms with Gasteiger partial charge in [0.1, 0.15) is 0 Å². The molecule has 0 aliphatic rings. The average Bonchev–Trinajstić information content (AvgIpc) is 2.19. The van der Waals surface area contributed by atoms with E-state index in [1.165, 1.54) is 0 Å². The summed E-state index contributed by atoms with van der Waals surface area (Å²) in [7, 11) is 0. The fraction of sp³-hybridized carbons (Fsp3) is 0.933. The Balaban J connectivity index is 4.81. The first-order valence-electron chi connectivity index (χ1n) is 7.09. The highest BCUT2D eigenvalue weighted by Crippen LogP contribution is 2.25. The maximum Gasteiger partial charge on any atom is 0.227 e. The highest BCUT2D eigenvalue weighted by Gasteiger charge is 2.29. The number of carbonyl (C=O) groups excluding carboxylic acids is 1. The van der Waals surface area contributed by atoms with Crippen molar-refractivity contribution in [3.63, 3.8) is 0 Å². The molecule has 3 heteroatoms. The topological polar surface area (TPSA) is 46.3 Å². The molecule has 1 unspecified atom stereocenters. The van der Waals surface area contributed by atoms with E-state index < -0.39 is 0 Å². The van der Waals surface area contributed by atoms with Crippen molar-refractivity contribution in [3.05, 3.63) is 0 Å². The van der Waals surface area contributed by atoms with Gasteiger partial charge in [-0.05, 0) is 31.6 Å². The van der Waals surface area contributed by atoms with Gasteiger partial charge in [0.15, 0.2) is 0 Å². The van der Waals surface area contributed by atoms with E-state index in [1.807, 2.05) is 4.90 Å². The summed E-state index contributed by atoms with van der Waals surface area (Å²) < 4.78 is 0. The van der Waals surface area contributed by atoms with Gasteiger partial charge in [-0.1, -0.05) is 34.6 Å². The van der Waals surface area contributed by atoms with Crippen LogP contribution >= 0.6 is 0 Å². The van der Waals surface area contributed by atoms with Gasteiger partial charge in [0.25, 0.3) is 0 Å². The first kappa shape index (κ1) is 17.4. The van der Waals surface area contributed by atoms with Crippen molar-refractivity contribution in [2.24, 2.45) is 23.0 Å². The SMILES string of the molecule is CC(C)CN(C(=O)C(CN)CC(C)(C)C)C(C)C. The summed E-state index contributed by atoms with van der Waals surface area (Å²) in [5.41, 5.74) is 5.94. The van der Waals surface area contributed by atoms with Gasteiger partial charge >= 0.3 is 0 Å². The van der Waals surface area contributed by atoms with Crippen molar-refractivity contribution in [1.82, 2.24) is 4.90 Å². The molecule has 0 radical (unpaired) electrons. The Kier molecular flexibility index (Phi) is 6.90. The van der Waals surface area contributed by atoms with Crippen LogP contribution in [0.1, 0.15) is 54.9 Å². The van der Waals surface area contributed by atoms with E-state index >= 15 is 0 Å². The van der Waals surface area contributed by atoms with Crippen LogP contribution in [0.15, 0.2) is 0 Å². The van der Waals surface area contributed by atoms with Gasteiger partial charge in [0.05, 0.1) is 5.92 Å². The Morgan fingerprint density at radius 2 is 1.67 bits per heavy atom. The van der Waals surface area contributed by atoms with Crippen molar-refractivity contribution in [3.8, 4) is 0 Å². The third-order valence-corrected chi connectivity index (χ3v) is 2.96. The van der Waals surface area contributed by atoms with E-state index in [0.29, 0.717) is 12.5 Å². The Labute approximate surface area is 113 Å². The first-order chi connectivity index (χ1) is 8.08. The zero-order chi connectivity index (χ0) is 14.5. The number of hydrogen-bond donors (Lipinski definition) is 1. The lowest BCUT2D eigenvalue weighted by atomic mass is 9.84. The molecule has 3 nitrogen and oxygen atoms in total. The second kappa shape index (κ2) is 7.13. The predicted molar refractivity (Wildman–Crippen MR) is 78.3 cm³/mol. The summed E-state index contributed by atoms with van der Waals surface area (Å²) in [5.74, 6) is 0.659. The van der Waals surface area contributed by atoms with E-state index in [4.69, 9.17) is 5.73 Å². The third kappa shape index (κ3) is 6.39. The average molecular weight is 256 g/mol. The molecule has 18 heavy (non-hydrogen) atoms. The molecule has 2 N–H and O–H groups in total. The molecule has 0 heterocycles. The number of nitrogens with zero attached hydrogens (tertiary/aromatic N) is 1. The first-order valence-corrected chi connectivity index (χ1v) is 7.09. The monoisotopic (exact) mass is 256 g/mol. The number of nitrogens with two attached hydrogens (primary N) is 1. The number of rotatable bonds is 6. The summed E-state index contributed by atoms with van der Waals surface area (Å²) in [4.78, 5) is 14.6. The molecule has 1 atom stereocenters. The molecule has 0 aromatic rings. The molecule has 0 aromatic heterocycles. The Morgan fingerprint density at radius 1 is 1.17 bits per heavy atom. The lowest BCUT2D eigenvalue weighted by Gasteiger charge is -2.34. The van der Waals surface area contributed by atoms with E-state index in [9.17, 15) is 4.79 Å². The molecule has 0 aliphatic carbocycles. The summed E-state index contributed by atoms with van der Waals surface area (Å²) in [6, 6.07) is 0.244. The van der Waals surface area contributed by atoms with Crippen molar-refractivity contribution < 1.29 is 4.79 Å². The van der Waals surface area contributed by atoms with Gasteiger partial charge in [0.2, 0.25) is 5.91 Å². The molecule has 0 fully saturated rings. The standard InChI is InChI=1S/C15H32N2O/c1-11(2)10-17(12(3)4)14(18)13(9-16)8-15(5,6)7/h11-13H,8-10,16H2,1-7H3. The van der Waals surface area contributed by atoms with Gasteiger partial charge in [-0.15, -0.1) is 0 Å². The summed E-state index contributed by atoms with van der Waals surface area (Å²) in [5, 5.41) is 0. The van der Waals surface area contributed by atoms with Crippen molar-refractivity contribution in [1.29, 1.82) is 0 Å². The van der Waals surface area contributed by atoms with Crippen LogP contribution < -0.4 is 5.73 Å². The minimum atomic E-state index is -0.0499. The van der Waals surface area contributed by atoms with E-state index in [0.717, 1.165) is 13.0 Å². The van der Waals surface area contributed by atoms with Crippen LogP contribution in [0.4, 0.5) is 0 Å². The third-order valence-electron chi connectivity index (χ3n) is 2.96. The van der Waals surface area contributed by atoms with E-state index in [1.54, 1.807) is 0 Å². The molecular weight excluding hydrogens is 224 g/mol. The predicted octanol–water partition coefficient (Wildman–Crippen LogP) is 2.89. The normalized spacial score (nSPS) is 14.1. The second-order valence-corrected chi connectivity index (χ2v) is 7.18. The summed E-state index contributed by atoms with van der Waals surface area (Å²) >= 11 is 0. The van der Waals surface area contributed by atoms with Gasteiger partial charge in [-0.2, -0.15) is 0 Å². The maximum absolute atomic E-state index is 12.6. The smallest absolute Gasteiger partial charge is 0.227 e. The van der Waals surface area contributed by atoms with Crippen molar-refractivity contribution >= 4 is 5.91 Å². The molecular formula is C15H32N2O. The van der Waals surface area contributed by atoms with Gasteiger partial charge < -0.3 is 10.6 Å². The van der Waals surface area contributed by atoms with Crippen molar-refractivity contribution in [2.45, 2.75) is 60.9 Å². The number of hydrogen-bond acceptors (Lipinski definition) is 2. The molecule has 0 saturated carbocycles. The largest absolute Gasteiger partial charge is 0.340 e. The minimum absolute atomic E-state index is 0.0499. The van der Waals surface area contributed by atoms with Crippen LogP contribution in [-0.4, -0.2) is 29.9 Å². The molecule has 0 saturated heterocycles. The molecule has 0 bridgehead atoms. The number of carbonyl (C=O) groups is 1. The summed E-state index contributed by atoms with van der Waals surface area (Å²) in [6.07, 6.45) is 0.851. The Hall–Kier alpha value is -0.570. The highest BCUT2D eigenvalue weighted by atomic mass is 16.2. The minimum Gasteiger partial charge on any atom is -0.340 e. The van der Waals surface area contributed by atoms with E-state index in [2.05, 4.69) is 48.5 Å². The van der Waals surface area contributed by atoms with Crippen LogP contribution in [0.25, 0.3) is 0 Å². The fourth-order valence-electron chi connectivity index (χ4n) is 2.19. The zero-order valence-corrected chi connectivity index (χ0v) is 13.3. The molecule has 0 rings (SSSR count). The maximum atomic E-state index is 12.6. The lowest BCUT2D eigenvalue weighted by Crippen LogP contribution is -2.45. The number of amides is 1. The van der Waals surface area contributed by atoms with Crippen LogP contribution in [0, 0.1) is 17.3 Å². The van der Waals surface area contributed by atoms with Crippen LogP contribution in [0.2, 0.25) is 0 Å². The lowest BCUT2D eigenvalue weighted by molar-refractivity contribution is -0.138. The van der Waals surface area contributed by atoms with Gasteiger partial charge in [-0.25, -0.2) is 0 Å². The quantitative estimate of drug-likeness (QED) is 0.794. The van der Waals surface area contributed by atoms with Crippen molar-refractivity contribution in [2.75, 3.05) is 13.1 Å². The summed E-state index contributed by atoms with van der Waals surface area (Å²) in [6.45, 7) is 16.2. The van der Waals surface area contributed by atoms with Crippen LogP contribution in [-0.2, 0) is 4.79 Å². The van der Waals surface area contributed by atoms with E-state index in [-0.39, 0.29) is 23.3 Å². The highest BCUT2D eigenvalue weighted by molar-refractivity contribution is 5.79. The van der Waals surface area contributed by atoms with Gasteiger partial charge in [0, 0.05) is 19.1 Å². The molecule has 108 valence electrons. The van der Waals surface area contributed by atoms with Crippen LogP contribution in [0.5, 0.6) is 0 Å². The van der Waals surface area contributed by atoms with Gasteiger partial charge in [-0.3, -0.25) is 4.79 Å². The molecule has 0 aromatic carbocycles. The molecule has 0 spiro atoms. The molecule has 1 amide bonds. The Morgan fingerprint density at radius 3 is 1.94 bits per heavy atom. The zero-order valence-electron chi connectivity index (χ0n) is 13.3. The Bertz CT molecular complexity index is 254. The molecule has 0 aliphatic heterocycles. The fourth-order valence-corrected chi connectivity index (χ4v) is 2.19.